The van der Waals surface area contributed by atoms with E-state index >= 15 is 0 Å². The molecule has 0 radical (unpaired) electrons. The van der Waals surface area contributed by atoms with Gasteiger partial charge < -0.3 is 5.32 Å². The lowest BCUT2D eigenvalue weighted by atomic mass is 10.2. The number of amides is 1. The van der Waals surface area contributed by atoms with Crippen LogP contribution in [0.5, 0.6) is 0 Å². The number of hydrogen-bond donors (Lipinski definition) is 1. The second-order valence-corrected chi connectivity index (χ2v) is 4.47. The highest BCUT2D eigenvalue weighted by atomic mass is 19.4. The Morgan fingerprint density at radius 3 is 2.71 bits per heavy atom. The van der Waals surface area contributed by atoms with Crippen molar-refractivity contribution in [2.24, 2.45) is 0 Å². The van der Waals surface area contributed by atoms with E-state index in [-0.39, 0.29) is 25.4 Å². The van der Waals surface area contributed by atoms with E-state index in [0.717, 1.165) is 4.90 Å². The Kier molecular flexibility index (Phi) is 6.18. The molecule has 4 nitrogen and oxygen atoms in total. The van der Waals surface area contributed by atoms with Crippen molar-refractivity contribution in [1.82, 2.24) is 4.90 Å². The van der Waals surface area contributed by atoms with Crippen molar-refractivity contribution in [1.29, 1.82) is 5.26 Å². The maximum Gasteiger partial charge on any atom is 0.401 e. The Labute approximate surface area is 121 Å². The fraction of sp³-hybridized carbons (Fsp3) is 0.429. The lowest BCUT2D eigenvalue weighted by Crippen LogP contribution is -2.36. The van der Waals surface area contributed by atoms with Crippen molar-refractivity contribution >= 4 is 11.6 Å². The smallest absolute Gasteiger partial charge is 0.326 e. The number of alkyl halides is 3. The van der Waals surface area contributed by atoms with Crippen molar-refractivity contribution in [3.8, 4) is 6.07 Å². The van der Waals surface area contributed by atoms with Crippen LogP contribution in [0, 0.1) is 11.3 Å². The number of carbonyl (C=O) groups is 1. The third kappa shape index (κ3) is 6.77. The molecule has 1 amide bonds. The normalized spacial score (nSPS) is 11.2. The van der Waals surface area contributed by atoms with E-state index in [0.29, 0.717) is 11.3 Å². The van der Waals surface area contributed by atoms with Crippen molar-refractivity contribution in [2.75, 3.05) is 25.0 Å². The topological polar surface area (TPSA) is 56.1 Å². The molecule has 0 aliphatic rings. The van der Waals surface area contributed by atoms with Gasteiger partial charge in [0.25, 0.3) is 0 Å². The molecule has 1 aromatic rings. The van der Waals surface area contributed by atoms with Gasteiger partial charge in [-0.05, 0) is 24.7 Å². The van der Waals surface area contributed by atoms with Gasteiger partial charge >= 0.3 is 6.18 Å². The van der Waals surface area contributed by atoms with E-state index in [1.54, 1.807) is 25.1 Å². The number of nitriles is 1. The summed E-state index contributed by atoms with van der Waals surface area (Å²) in [6.45, 7) is 0.831. The number of nitrogens with zero attached hydrogens (tertiary/aromatic N) is 2. The molecule has 0 aliphatic heterocycles. The molecule has 114 valence electrons. The second kappa shape index (κ2) is 7.64. The van der Waals surface area contributed by atoms with E-state index in [1.807, 2.05) is 6.07 Å². The van der Waals surface area contributed by atoms with E-state index in [9.17, 15) is 18.0 Å². The summed E-state index contributed by atoms with van der Waals surface area (Å²) >= 11 is 0. The summed E-state index contributed by atoms with van der Waals surface area (Å²) in [4.78, 5) is 12.9. The average Bonchev–Trinajstić information content (AvgIpc) is 2.42. The van der Waals surface area contributed by atoms with E-state index in [1.165, 1.54) is 6.07 Å². The van der Waals surface area contributed by atoms with Gasteiger partial charge in [0.1, 0.15) is 0 Å². The monoisotopic (exact) mass is 299 g/mol. The van der Waals surface area contributed by atoms with Gasteiger partial charge in [-0.15, -0.1) is 0 Å². The minimum Gasteiger partial charge on any atom is -0.326 e. The van der Waals surface area contributed by atoms with E-state index < -0.39 is 12.7 Å². The van der Waals surface area contributed by atoms with Crippen molar-refractivity contribution in [3.05, 3.63) is 29.8 Å². The first-order valence-electron chi connectivity index (χ1n) is 6.43. The Bertz CT molecular complexity index is 523. The number of nitrogens with one attached hydrogen (secondary N) is 1. The van der Waals surface area contributed by atoms with Crippen molar-refractivity contribution in [2.45, 2.75) is 19.5 Å². The molecule has 1 aromatic carbocycles. The van der Waals surface area contributed by atoms with Crippen LogP contribution in [0.15, 0.2) is 24.3 Å². The fourth-order valence-corrected chi connectivity index (χ4v) is 1.75. The van der Waals surface area contributed by atoms with Crippen LogP contribution >= 0.6 is 0 Å². The maximum atomic E-state index is 12.3. The number of carbonyl (C=O) groups excluding carboxylic acids is 1. The van der Waals surface area contributed by atoms with E-state index in [2.05, 4.69) is 5.32 Å². The fourth-order valence-electron chi connectivity index (χ4n) is 1.75. The van der Waals surface area contributed by atoms with E-state index in [4.69, 9.17) is 5.26 Å². The third-order valence-corrected chi connectivity index (χ3v) is 2.78. The predicted molar refractivity (Wildman–Crippen MR) is 72.6 cm³/mol. The number of hydrogen-bond acceptors (Lipinski definition) is 3. The lowest BCUT2D eigenvalue weighted by Gasteiger charge is -2.21. The molecule has 0 spiro atoms. The molecule has 0 aliphatic carbocycles. The van der Waals surface area contributed by atoms with Crippen molar-refractivity contribution in [3.63, 3.8) is 0 Å². The Balaban J connectivity index is 2.48. The SMILES string of the molecule is CCN(CCC(=O)Nc1cccc(C#N)c1)CC(F)(F)F. The number of halogens is 3. The summed E-state index contributed by atoms with van der Waals surface area (Å²) < 4.78 is 36.8. The molecule has 1 rings (SSSR count). The molecule has 1 N–H and O–H groups in total. The zero-order chi connectivity index (χ0) is 15.9. The van der Waals surface area contributed by atoms with Crippen LogP contribution in [0.4, 0.5) is 18.9 Å². The van der Waals surface area contributed by atoms with Crippen LogP contribution in [-0.2, 0) is 4.79 Å². The van der Waals surface area contributed by atoms with Crippen LogP contribution in [0.25, 0.3) is 0 Å². The van der Waals surface area contributed by atoms with Gasteiger partial charge in [-0.3, -0.25) is 9.69 Å². The first-order valence-corrected chi connectivity index (χ1v) is 6.43. The standard InChI is InChI=1S/C14H16F3N3O/c1-2-20(10-14(15,16)17)7-6-13(21)19-12-5-3-4-11(8-12)9-18/h3-5,8H,2,6-7,10H2,1H3,(H,19,21). The summed E-state index contributed by atoms with van der Waals surface area (Å²) in [7, 11) is 0. The Morgan fingerprint density at radius 1 is 1.43 bits per heavy atom. The molecular formula is C14H16F3N3O. The largest absolute Gasteiger partial charge is 0.401 e. The zero-order valence-corrected chi connectivity index (χ0v) is 11.6. The zero-order valence-electron chi connectivity index (χ0n) is 11.6. The molecule has 0 saturated heterocycles. The first-order chi connectivity index (χ1) is 9.84. The summed E-state index contributed by atoms with van der Waals surface area (Å²) in [5, 5.41) is 11.3. The van der Waals surface area contributed by atoms with Crippen LogP contribution in [0.1, 0.15) is 18.9 Å². The summed E-state index contributed by atoms with van der Waals surface area (Å²) in [5.41, 5.74) is 0.859. The van der Waals surface area contributed by atoms with Gasteiger partial charge in [0.2, 0.25) is 5.91 Å². The maximum absolute atomic E-state index is 12.3. The molecule has 21 heavy (non-hydrogen) atoms. The quantitative estimate of drug-likeness (QED) is 0.878. The third-order valence-electron chi connectivity index (χ3n) is 2.78. The predicted octanol–water partition coefficient (Wildman–Crippen LogP) is 2.77. The van der Waals surface area contributed by atoms with Crippen LogP contribution in [0.2, 0.25) is 0 Å². The lowest BCUT2D eigenvalue weighted by molar-refractivity contribution is -0.146. The minimum absolute atomic E-state index is 0.0276. The molecule has 0 fully saturated rings. The summed E-state index contributed by atoms with van der Waals surface area (Å²) in [6, 6.07) is 8.28. The Morgan fingerprint density at radius 2 is 2.14 bits per heavy atom. The van der Waals surface area contributed by atoms with Gasteiger partial charge in [-0.2, -0.15) is 18.4 Å². The van der Waals surface area contributed by atoms with Gasteiger partial charge in [0.15, 0.2) is 0 Å². The van der Waals surface area contributed by atoms with Gasteiger partial charge in [0, 0.05) is 18.7 Å². The molecule has 7 heteroatoms. The second-order valence-electron chi connectivity index (χ2n) is 4.47. The van der Waals surface area contributed by atoms with Crippen molar-refractivity contribution < 1.29 is 18.0 Å². The minimum atomic E-state index is -4.27. The molecule has 0 heterocycles. The van der Waals surface area contributed by atoms with Gasteiger partial charge in [-0.25, -0.2) is 0 Å². The highest BCUT2D eigenvalue weighted by Crippen LogP contribution is 2.16. The Hall–Kier alpha value is -2.07. The molecule has 0 unspecified atom stereocenters. The van der Waals surface area contributed by atoms with Crippen LogP contribution in [-0.4, -0.2) is 36.6 Å². The first kappa shape index (κ1) is 17.0. The number of benzene rings is 1. The molecular weight excluding hydrogens is 283 g/mol. The van der Waals surface area contributed by atoms with Crippen LogP contribution < -0.4 is 5.32 Å². The molecule has 0 atom stereocenters. The van der Waals surface area contributed by atoms with Crippen LogP contribution in [0.3, 0.4) is 0 Å². The van der Waals surface area contributed by atoms with Gasteiger partial charge in [0.05, 0.1) is 18.2 Å². The molecule has 0 aromatic heterocycles. The average molecular weight is 299 g/mol. The van der Waals surface area contributed by atoms with Gasteiger partial charge in [-0.1, -0.05) is 13.0 Å². The number of anilines is 1. The number of rotatable bonds is 6. The summed E-state index contributed by atoms with van der Waals surface area (Å²) in [5.74, 6) is -0.384. The summed E-state index contributed by atoms with van der Waals surface area (Å²) in [6.07, 6.45) is -4.31. The molecule has 0 saturated carbocycles. The highest BCUT2D eigenvalue weighted by Gasteiger charge is 2.30. The molecule has 0 bridgehead atoms. The highest BCUT2D eigenvalue weighted by molar-refractivity contribution is 5.90.